The Morgan fingerprint density at radius 1 is 1.50 bits per heavy atom. The average Bonchev–Trinajstić information content (AvgIpc) is 1.00. The summed E-state index contributed by atoms with van der Waals surface area (Å²) in [5.74, 6) is 0. The van der Waals surface area contributed by atoms with Crippen LogP contribution in [0, 0.1) is 0 Å². The van der Waals surface area contributed by atoms with Crippen LogP contribution in [0.2, 0.25) is 0 Å². The van der Waals surface area contributed by atoms with Crippen LogP contribution in [0.1, 0.15) is 2.85 Å². The molecule has 0 saturated carbocycles. The molecule has 4 heavy (non-hydrogen) atoms. The van der Waals surface area contributed by atoms with Crippen molar-refractivity contribution in [1.82, 2.24) is 0 Å². The summed E-state index contributed by atoms with van der Waals surface area (Å²) < 4.78 is 0. The summed E-state index contributed by atoms with van der Waals surface area (Å²) in [7, 11) is 0. The van der Waals surface area contributed by atoms with Gasteiger partial charge in [-0.1, -0.05) is 0 Å². The van der Waals surface area contributed by atoms with Crippen molar-refractivity contribution in [2.75, 3.05) is 0 Å². The fraction of sp³-hybridized carbons (Fsp3) is 0. The van der Waals surface area contributed by atoms with Gasteiger partial charge in [0.2, 0.25) is 0 Å². The Bertz CT molecular complexity index is 13.5. The molecule has 0 bridgehead atoms. The third-order valence-electron chi connectivity index (χ3n) is 0. The van der Waals surface area contributed by atoms with Gasteiger partial charge in [-0.2, -0.15) is 0 Å². The quantitative estimate of drug-likeness (QED) is 0.517. The molecular weight excluding hydrogens is 266 g/mol. The zero-order valence-electron chi connectivity index (χ0n) is 4.53. The van der Waals surface area contributed by atoms with E-state index >= 15 is 0 Å². The zero-order chi connectivity index (χ0) is 2.00. The second-order valence-corrected chi connectivity index (χ2v) is 0. The summed E-state index contributed by atoms with van der Waals surface area (Å²) in [6.07, 6.45) is 0. The molecule has 0 nitrogen and oxygen atoms in total. The molecule has 0 aliphatic rings. The monoisotopic (exact) mass is 269 g/mol. The van der Waals surface area contributed by atoms with Crippen LogP contribution in [0.5, 0.6) is 0 Å². The molecule has 4 heteroatoms. The van der Waals surface area contributed by atoms with Gasteiger partial charge in [-0.25, -0.2) is 0 Å². The third-order valence-corrected chi connectivity index (χ3v) is 0. The van der Waals surface area contributed by atoms with Gasteiger partial charge >= 0.3 is 44.3 Å². The Kier molecular flexibility index (Phi) is 76.8. The molecule has 0 rings (SSSR count). The molecule has 0 N–H and O–H groups in total. The maximum atomic E-state index is 2.80. The van der Waals surface area contributed by atoms with Gasteiger partial charge in [0.05, 0.1) is 0 Å². The van der Waals surface area contributed by atoms with E-state index in [1.165, 1.54) is 0 Å². The fourth-order valence-electron chi connectivity index (χ4n) is 0. The van der Waals surface area contributed by atoms with Crippen LogP contribution in [-0.2, 0) is 42.2 Å². The van der Waals surface area contributed by atoms with Crippen molar-refractivity contribution >= 4 is 21.6 Å². The molecule has 0 spiro atoms. The van der Waals surface area contributed by atoms with Crippen molar-refractivity contribution in [2.24, 2.45) is 0 Å². The van der Waals surface area contributed by atoms with Crippen LogP contribution < -0.4 is 0 Å². The van der Waals surface area contributed by atoms with Crippen LogP contribution in [-0.4, -0.2) is 21.6 Å². The topological polar surface area (TPSA) is 0 Å². The summed E-state index contributed by atoms with van der Waals surface area (Å²) in [6, 6.07) is 0. The summed E-state index contributed by atoms with van der Waals surface area (Å²) in [5, 5.41) is 0. The van der Waals surface area contributed by atoms with Gasteiger partial charge in [-0.3, -0.25) is 0 Å². The van der Waals surface area contributed by atoms with Gasteiger partial charge < -0.3 is 2.85 Å². The first kappa shape index (κ1) is 16.3. The molecule has 0 saturated heterocycles. The third kappa shape index (κ3) is 8.87. The van der Waals surface area contributed by atoms with E-state index in [2.05, 4.69) is 11.5 Å². The van der Waals surface area contributed by atoms with E-state index < -0.39 is 0 Å². The summed E-state index contributed by atoms with van der Waals surface area (Å²) in [6.45, 7) is 0. The van der Waals surface area contributed by atoms with E-state index in [0.717, 1.165) is 22.7 Å². The van der Waals surface area contributed by atoms with Crippen LogP contribution in [0.3, 0.4) is 0 Å². The van der Waals surface area contributed by atoms with Crippen LogP contribution in [0.15, 0.2) is 0 Å². The molecule has 0 aromatic heterocycles. The minimum absolute atomic E-state index is 0. The molecule has 0 amide bonds. The molecule has 14 valence electrons. The number of hydrogen-bond acceptors (Lipinski definition) is 0. The van der Waals surface area contributed by atoms with Crippen molar-refractivity contribution in [2.45, 2.75) is 0 Å². The molecule has 0 atom stereocenters. The molecule has 0 aromatic rings. The Morgan fingerprint density at radius 2 is 1.50 bits per heavy atom. The molecule has 0 fully saturated rings. The van der Waals surface area contributed by atoms with Crippen LogP contribution in [0.4, 0.5) is 0 Å². The predicted octanol–water partition coefficient (Wildman–Crippen LogP) is -0.542. The number of rotatable bonds is 0. The van der Waals surface area contributed by atoms with E-state index in [9.17, 15) is 0 Å². The van der Waals surface area contributed by atoms with Crippen LogP contribution in [0.25, 0.3) is 0 Å². The van der Waals surface area contributed by atoms with E-state index in [1.807, 2.05) is 0 Å². The van der Waals surface area contributed by atoms with E-state index in [4.69, 9.17) is 0 Å². The Labute approximate surface area is 65.9 Å². The Hall–Kier alpha value is 2.23. The summed E-state index contributed by atoms with van der Waals surface area (Å²) in [5.41, 5.74) is 0. The number of hydrogen-bond donors (Lipinski definition) is 0. The second-order valence-electron chi connectivity index (χ2n) is 0. The molecular formula is H2BeCdSeZn. The second kappa shape index (κ2) is 18.8. The summed E-state index contributed by atoms with van der Waals surface area (Å²) in [4.78, 5) is 0. The van der Waals surface area contributed by atoms with Gasteiger partial charge in [0.15, 0.2) is 0 Å². The van der Waals surface area contributed by atoms with E-state index in [-0.39, 0.29) is 32.5 Å². The molecule has 0 aromatic carbocycles. The van der Waals surface area contributed by atoms with E-state index in [0.29, 0.717) is 0 Å². The maximum absolute atomic E-state index is 2.80. The SMILES string of the molecule is [Be+2].[H-].[H-].[Se]=[Cd].[Zn]. The Morgan fingerprint density at radius 3 is 1.50 bits per heavy atom. The van der Waals surface area contributed by atoms with Crippen molar-refractivity contribution in [3.8, 4) is 0 Å². The Balaban J connectivity index is -0.000000000833. The van der Waals surface area contributed by atoms with Gasteiger partial charge in [-0.05, 0) is 0 Å². The maximum Gasteiger partial charge on any atom is 0 e. The minimum atomic E-state index is 0. The van der Waals surface area contributed by atoms with Crippen molar-refractivity contribution in [1.29, 1.82) is 0 Å². The van der Waals surface area contributed by atoms with Crippen molar-refractivity contribution in [3.05, 3.63) is 0 Å². The standard InChI is InChI=1S/Be.Cd.Se.Zn.2H/q+2;;;;2*-1. The largest absolute Gasteiger partial charge is 0 e. The molecule has 0 unspecified atom stereocenters. The molecule has 0 aliphatic heterocycles. The first-order valence-corrected chi connectivity index (χ1v) is 10.1. The van der Waals surface area contributed by atoms with Gasteiger partial charge in [0.25, 0.3) is 0 Å². The van der Waals surface area contributed by atoms with Gasteiger partial charge in [-0.15, -0.1) is 0 Å². The van der Waals surface area contributed by atoms with Gasteiger partial charge in [0.1, 0.15) is 0 Å². The molecule has 0 heterocycles. The minimum Gasteiger partial charge on any atom is 0 e. The fourth-order valence-corrected chi connectivity index (χ4v) is 0. The summed E-state index contributed by atoms with van der Waals surface area (Å²) >= 11 is 3.82. The first-order valence-electron chi connectivity index (χ1n) is 0.289. The smallest absolute Gasteiger partial charge is 0 e. The average molecular weight is 268 g/mol. The normalized spacial score (nSPS) is 1.50. The van der Waals surface area contributed by atoms with E-state index in [1.54, 1.807) is 0 Å². The van der Waals surface area contributed by atoms with Crippen molar-refractivity contribution < 1.29 is 45.1 Å². The predicted molar refractivity (Wildman–Crippen MR) is 13.7 cm³/mol. The zero-order valence-corrected chi connectivity index (χ0v) is 11.2. The van der Waals surface area contributed by atoms with Crippen LogP contribution >= 0.6 is 0 Å². The molecule has 0 aliphatic carbocycles. The first-order chi connectivity index (χ1) is 1.00. The van der Waals surface area contributed by atoms with Gasteiger partial charge in [0, 0.05) is 19.5 Å². The van der Waals surface area contributed by atoms with Crippen molar-refractivity contribution in [3.63, 3.8) is 0 Å². The molecule has 0 radical (unpaired) electrons.